The Labute approximate surface area is 195 Å². The van der Waals surface area contributed by atoms with Gasteiger partial charge in [-0.05, 0) is 55.4 Å². The second-order valence-electron chi connectivity index (χ2n) is 10.6. The van der Waals surface area contributed by atoms with E-state index in [0.29, 0.717) is 25.0 Å². The molecular formula is C22H35BN4O6. The SMILES string of the molecule is CC(NC(=O)OC(C)(C)C)C(=O)N1CC[C@H](Oc2ncc(B3OC(C)(C)C(C)(C)O3)cn2)C1. The Morgan fingerprint density at radius 1 is 1.18 bits per heavy atom. The molecule has 33 heavy (non-hydrogen) atoms. The van der Waals surface area contributed by atoms with Crippen molar-refractivity contribution in [3.63, 3.8) is 0 Å². The molecule has 0 aliphatic carbocycles. The molecule has 2 saturated heterocycles. The fourth-order valence-electron chi connectivity index (χ4n) is 3.48. The number of nitrogens with one attached hydrogen (secondary N) is 1. The average molecular weight is 462 g/mol. The van der Waals surface area contributed by atoms with Crippen LogP contribution in [0.2, 0.25) is 0 Å². The molecule has 3 rings (SSSR count). The van der Waals surface area contributed by atoms with E-state index in [0.717, 1.165) is 0 Å². The van der Waals surface area contributed by atoms with Gasteiger partial charge in [0.2, 0.25) is 5.91 Å². The molecule has 11 heteroatoms. The van der Waals surface area contributed by atoms with Gasteiger partial charge in [0.1, 0.15) is 17.7 Å². The van der Waals surface area contributed by atoms with Gasteiger partial charge in [0, 0.05) is 30.8 Å². The van der Waals surface area contributed by atoms with E-state index in [9.17, 15) is 9.59 Å². The number of hydrogen-bond donors (Lipinski definition) is 1. The summed E-state index contributed by atoms with van der Waals surface area (Å²) in [6.07, 6.45) is 3.06. The fraction of sp³-hybridized carbons (Fsp3) is 0.727. The van der Waals surface area contributed by atoms with Gasteiger partial charge in [0.15, 0.2) is 0 Å². The molecule has 0 spiro atoms. The van der Waals surface area contributed by atoms with Gasteiger partial charge >= 0.3 is 19.2 Å². The van der Waals surface area contributed by atoms with Crippen molar-refractivity contribution >= 4 is 24.6 Å². The predicted molar refractivity (Wildman–Crippen MR) is 122 cm³/mol. The minimum absolute atomic E-state index is 0.191. The third-order valence-corrected chi connectivity index (χ3v) is 6.01. The average Bonchev–Trinajstić information content (AvgIpc) is 3.21. The van der Waals surface area contributed by atoms with Crippen LogP contribution < -0.4 is 15.5 Å². The Morgan fingerprint density at radius 3 is 2.30 bits per heavy atom. The third kappa shape index (κ3) is 6.14. The van der Waals surface area contributed by atoms with Gasteiger partial charge in [-0.25, -0.2) is 14.8 Å². The normalized spacial score (nSPS) is 22.7. The number of amides is 2. The van der Waals surface area contributed by atoms with Crippen molar-refractivity contribution in [2.75, 3.05) is 13.1 Å². The lowest BCUT2D eigenvalue weighted by atomic mass is 9.81. The Hall–Kier alpha value is -2.40. The molecular weight excluding hydrogens is 427 g/mol. The van der Waals surface area contributed by atoms with E-state index in [4.69, 9.17) is 18.8 Å². The molecule has 2 aliphatic rings. The zero-order valence-electron chi connectivity index (χ0n) is 20.8. The van der Waals surface area contributed by atoms with Crippen molar-refractivity contribution in [1.29, 1.82) is 0 Å². The summed E-state index contributed by atoms with van der Waals surface area (Å²) in [7, 11) is -0.539. The van der Waals surface area contributed by atoms with Crippen LogP contribution in [0.3, 0.4) is 0 Å². The molecule has 2 aliphatic heterocycles. The largest absolute Gasteiger partial charge is 0.498 e. The Morgan fingerprint density at radius 2 is 1.76 bits per heavy atom. The van der Waals surface area contributed by atoms with Crippen molar-refractivity contribution in [1.82, 2.24) is 20.2 Å². The van der Waals surface area contributed by atoms with E-state index in [2.05, 4.69) is 15.3 Å². The molecule has 182 valence electrons. The van der Waals surface area contributed by atoms with Crippen LogP contribution in [0, 0.1) is 0 Å². The summed E-state index contributed by atoms with van der Waals surface area (Å²) in [4.78, 5) is 34.8. The molecule has 0 aromatic carbocycles. The molecule has 0 radical (unpaired) electrons. The Bertz CT molecular complexity index is 855. The van der Waals surface area contributed by atoms with Crippen molar-refractivity contribution in [3.05, 3.63) is 12.4 Å². The standard InChI is InChI=1S/C22H35BN4O6/c1-14(26-19(29)31-20(2,3)4)17(28)27-10-9-16(13-27)30-18-24-11-15(12-25-18)23-32-21(5,6)22(7,8)33-23/h11-12,14,16H,9-10,13H2,1-8H3,(H,26,29)/t14?,16-/m0/s1. The highest BCUT2D eigenvalue weighted by Crippen LogP contribution is 2.36. The molecule has 2 fully saturated rings. The first kappa shape index (κ1) is 25.2. The first-order valence-corrected chi connectivity index (χ1v) is 11.3. The van der Waals surface area contributed by atoms with Crippen LogP contribution >= 0.6 is 0 Å². The number of aromatic nitrogens is 2. The van der Waals surface area contributed by atoms with Gasteiger partial charge in [-0.1, -0.05) is 0 Å². The highest BCUT2D eigenvalue weighted by atomic mass is 16.7. The van der Waals surface area contributed by atoms with Crippen LogP contribution in [0.1, 0.15) is 61.8 Å². The number of rotatable bonds is 5. The van der Waals surface area contributed by atoms with Crippen LogP contribution in [0.4, 0.5) is 4.79 Å². The molecule has 3 heterocycles. The van der Waals surface area contributed by atoms with Crippen LogP contribution in [0.15, 0.2) is 12.4 Å². The van der Waals surface area contributed by atoms with Crippen molar-refractivity contribution in [2.24, 2.45) is 0 Å². The number of hydrogen-bond acceptors (Lipinski definition) is 8. The number of carbonyl (C=O) groups excluding carboxylic acids is 2. The molecule has 1 unspecified atom stereocenters. The van der Waals surface area contributed by atoms with Gasteiger partial charge in [-0.15, -0.1) is 0 Å². The van der Waals surface area contributed by atoms with Gasteiger partial charge in [-0.3, -0.25) is 4.79 Å². The van der Waals surface area contributed by atoms with Crippen LogP contribution in [0.5, 0.6) is 6.01 Å². The number of likely N-dealkylation sites (tertiary alicyclic amines) is 1. The van der Waals surface area contributed by atoms with Gasteiger partial charge < -0.3 is 29.0 Å². The number of alkyl carbamates (subject to hydrolysis) is 1. The minimum atomic E-state index is -0.700. The van der Waals surface area contributed by atoms with Crippen LogP contribution in [-0.2, 0) is 18.8 Å². The van der Waals surface area contributed by atoms with E-state index in [-0.39, 0.29) is 18.0 Å². The highest BCUT2D eigenvalue weighted by Gasteiger charge is 2.52. The maximum atomic E-state index is 12.7. The Balaban J connectivity index is 1.50. The molecule has 0 saturated carbocycles. The lowest BCUT2D eigenvalue weighted by Gasteiger charge is -2.32. The summed E-state index contributed by atoms with van der Waals surface area (Å²) in [5.74, 6) is -0.191. The highest BCUT2D eigenvalue weighted by molar-refractivity contribution is 6.61. The third-order valence-electron chi connectivity index (χ3n) is 6.01. The predicted octanol–water partition coefficient (Wildman–Crippen LogP) is 1.67. The summed E-state index contributed by atoms with van der Waals surface area (Å²) in [6.45, 7) is 15.8. The molecule has 1 aromatic rings. The second kappa shape index (κ2) is 9.10. The number of ether oxygens (including phenoxy) is 2. The van der Waals surface area contributed by atoms with Crippen molar-refractivity contribution in [2.45, 2.75) is 90.8 Å². The topological polar surface area (TPSA) is 112 Å². The van der Waals surface area contributed by atoms with Gasteiger partial charge in [0.25, 0.3) is 0 Å². The van der Waals surface area contributed by atoms with Crippen molar-refractivity contribution in [3.8, 4) is 6.01 Å². The lowest BCUT2D eigenvalue weighted by Crippen LogP contribution is -2.47. The molecule has 2 atom stereocenters. The smallest absolute Gasteiger partial charge is 0.458 e. The monoisotopic (exact) mass is 462 g/mol. The van der Waals surface area contributed by atoms with E-state index in [1.807, 2.05) is 27.7 Å². The fourth-order valence-corrected chi connectivity index (χ4v) is 3.48. The van der Waals surface area contributed by atoms with E-state index in [1.54, 1.807) is 45.0 Å². The Kier molecular flexibility index (Phi) is 6.96. The van der Waals surface area contributed by atoms with Gasteiger partial charge in [-0.2, -0.15) is 0 Å². The van der Waals surface area contributed by atoms with Gasteiger partial charge in [0.05, 0.1) is 17.7 Å². The molecule has 10 nitrogen and oxygen atoms in total. The number of nitrogens with zero attached hydrogens (tertiary/aromatic N) is 3. The lowest BCUT2D eigenvalue weighted by molar-refractivity contribution is -0.132. The van der Waals surface area contributed by atoms with Crippen LogP contribution in [-0.4, -0.2) is 76.0 Å². The van der Waals surface area contributed by atoms with E-state index >= 15 is 0 Å². The second-order valence-corrected chi connectivity index (χ2v) is 10.6. The quantitative estimate of drug-likeness (QED) is 0.658. The first-order valence-electron chi connectivity index (χ1n) is 11.3. The van der Waals surface area contributed by atoms with E-state index in [1.165, 1.54) is 0 Å². The minimum Gasteiger partial charge on any atom is -0.458 e. The summed E-state index contributed by atoms with van der Waals surface area (Å²) >= 11 is 0. The maximum absolute atomic E-state index is 12.7. The summed E-state index contributed by atoms with van der Waals surface area (Å²) < 4.78 is 23.1. The molecule has 2 amide bonds. The summed E-state index contributed by atoms with van der Waals surface area (Å²) in [6, 6.07) is -0.469. The summed E-state index contributed by atoms with van der Waals surface area (Å²) in [5.41, 5.74) is -0.798. The molecule has 1 aromatic heterocycles. The zero-order valence-corrected chi connectivity index (χ0v) is 20.8. The van der Waals surface area contributed by atoms with E-state index < -0.39 is 36.1 Å². The first-order chi connectivity index (χ1) is 15.2. The summed E-state index contributed by atoms with van der Waals surface area (Å²) in [5, 5.41) is 2.58. The molecule has 0 bridgehead atoms. The van der Waals surface area contributed by atoms with Crippen LogP contribution in [0.25, 0.3) is 0 Å². The van der Waals surface area contributed by atoms with Crippen molar-refractivity contribution < 1.29 is 28.4 Å². The number of carbonyl (C=O) groups is 2. The maximum Gasteiger partial charge on any atom is 0.498 e. The zero-order chi connectivity index (χ0) is 24.6. The molecule has 1 N–H and O–H groups in total.